The van der Waals surface area contributed by atoms with Crippen LogP contribution in [0.25, 0.3) is 10.2 Å². The minimum atomic E-state index is -0.923. The standard InChI is InChI=1S/C29H28N2O6S2/c1-16(2)11-12-37-20-10-7-17(14-21(20)36-4)25-24(26(32)22-6-5-13-38-22)27(33)28(34)31(25)29-30-19-9-8-18(35-3)15-23(19)39-29/h5-10,13-16,25,33H,11-12H2,1-4H3. The molecule has 2 aromatic heterocycles. The number of ketones is 1. The largest absolute Gasteiger partial charge is 0.503 e. The third kappa shape index (κ3) is 5.09. The zero-order valence-corrected chi connectivity index (χ0v) is 23.6. The predicted molar refractivity (Wildman–Crippen MR) is 153 cm³/mol. The lowest BCUT2D eigenvalue weighted by Gasteiger charge is -2.25. The molecule has 202 valence electrons. The van der Waals surface area contributed by atoms with E-state index in [1.807, 2.05) is 6.07 Å². The summed E-state index contributed by atoms with van der Waals surface area (Å²) in [6.45, 7) is 4.77. The lowest BCUT2D eigenvalue weighted by molar-refractivity contribution is -0.117. The molecule has 39 heavy (non-hydrogen) atoms. The minimum absolute atomic E-state index is 0.00480. The molecule has 3 heterocycles. The van der Waals surface area contributed by atoms with E-state index in [4.69, 9.17) is 14.2 Å². The fourth-order valence-electron chi connectivity index (χ4n) is 4.39. The number of nitrogens with zero attached hydrogens (tertiary/aromatic N) is 2. The maximum absolute atomic E-state index is 13.6. The number of aliphatic hydroxyl groups is 1. The highest BCUT2D eigenvalue weighted by Gasteiger charge is 2.46. The molecule has 0 bridgehead atoms. The molecule has 5 rings (SSSR count). The molecule has 4 aromatic rings. The summed E-state index contributed by atoms with van der Waals surface area (Å²) in [4.78, 5) is 33.7. The Labute approximate surface area is 234 Å². The van der Waals surface area contributed by atoms with Crippen LogP contribution in [0.5, 0.6) is 17.2 Å². The van der Waals surface area contributed by atoms with E-state index in [1.165, 1.54) is 34.7 Å². The monoisotopic (exact) mass is 564 g/mol. The van der Waals surface area contributed by atoms with Gasteiger partial charge in [-0.3, -0.25) is 14.5 Å². The van der Waals surface area contributed by atoms with Crippen LogP contribution in [-0.2, 0) is 4.79 Å². The summed E-state index contributed by atoms with van der Waals surface area (Å²) >= 11 is 2.53. The molecule has 2 aromatic carbocycles. The van der Waals surface area contributed by atoms with E-state index in [2.05, 4.69) is 18.8 Å². The summed E-state index contributed by atoms with van der Waals surface area (Å²) < 4.78 is 17.7. The van der Waals surface area contributed by atoms with Gasteiger partial charge in [-0.1, -0.05) is 37.3 Å². The van der Waals surface area contributed by atoms with Crippen LogP contribution < -0.4 is 19.1 Å². The number of carbonyl (C=O) groups excluding carboxylic acids is 2. The molecule has 0 saturated carbocycles. The first-order chi connectivity index (χ1) is 18.8. The highest BCUT2D eigenvalue weighted by atomic mass is 32.1. The third-order valence-electron chi connectivity index (χ3n) is 6.44. The average Bonchev–Trinajstić information content (AvgIpc) is 3.66. The Kier molecular flexibility index (Phi) is 7.58. The Morgan fingerprint density at radius 1 is 1.10 bits per heavy atom. The zero-order chi connectivity index (χ0) is 27.7. The highest BCUT2D eigenvalue weighted by Crippen LogP contribution is 2.46. The van der Waals surface area contributed by atoms with Gasteiger partial charge in [-0.2, -0.15) is 0 Å². The second-order valence-electron chi connectivity index (χ2n) is 9.42. The summed E-state index contributed by atoms with van der Waals surface area (Å²) in [6, 6.07) is 13.2. The van der Waals surface area contributed by atoms with Crippen LogP contribution >= 0.6 is 22.7 Å². The first kappa shape index (κ1) is 26.7. The fraction of sp³-hybridized carbons (Fsp3) is 0.276. The van der Waals surface area contributed by atoms with Gasteiger partial charge < -0.3 is 19.3 Å². The maximum atomic E-state index is 13.6. The summed E-state index contributed by atoms with van der Waals surface area (Å²) in [5.41, 5.74) is 1.25. The zero-order valence-electron chi connectivity index (χ0n) is 22.0. The third-order valence-corrected chi connectivity index (χ3v) is 8.33. The molecule has 1 atom stereocenters. The number of benzene rings is 2. The topological polar surface area (TPSA) is 98.2 Å². The van der Waals surface area contributed by atoms with Crippen molar-refractivity contribution >= 4 is 49.7 Å². The summed E-state index contributed by atoms with van der Waals surface area (Å²) in [6.07, 6.45) is 0.883. The summed E-state index contributed by atoms with van der Waals surface area (Å²) in [5.74, 6) is 0.475. The minimum Gasteiger partial charge on any atom is -0.503 e. The summed E-state index contributed by atoms with van der Waals surface area (Å²) in [7, 11) is 3.12. The van der Waals surface area contributed by atoms with Gasteiger partial charge in [0.1, 0.15) is 5.75 Å². The van der Waals surface area contributed by atoms with Gasteiger partial charge in [0.2, 0.25) is 5.78 Å². The molecule has 0 saturated heterocycles. The van der Waals surface area contributed by atoms with Crippen LogP contribution in [0.4, 0.5) is 5.13 Å². The molecule has 0 radical (unpaired) electrons. The second kappa shape index (κ2) is 11.1. The molecule has 1 aliphatic heterocycles. The van der Waals surface area contributed by atoms with Crippen LogP contribution in [0.2, 0.25) is 0 Å². The molecular weight excluding hydrogens is 536 g/mol. The number of fused-ring (bicyclic) bond motifs is 1. The number of hydrogen-bond donors (Lipinski definition) is 1. The molecule has 10 heteroatoms. The van der Waals surface area contributed by atoms with Gasteiger partial charge in [-0.15, -0.1) is 11.3 Å². The number of Topliss-reactive ketones (excluding diaryl/α,β-unsaturated/α-hetero) is 1. The number of carbonyl (C=O) groups is 2. The van der Waals surface area contributed by atoms with Gasteiger partial charge in [0.25, 0.3) is 5.91 Å². The quantitative estimate of drug-likeness (QED) is 0.217. The number of ether oxygens (including phenoxy) is 3. The number of thiazole rings is 1. The highest BCUT2D eigenvalue weighted by molar-refractivity contribution is 7.22. The molecule has 1 amide bonds. The maximum Gasteiger partial charge on any atom is 0.296 e. The fourth-order valence-corrected chi connectivity index (χ4v) is 6.09. The molecule has 0 spiro atoms. The average molecular weight is 565 g/mol. The van der Waals surface area contributed by atoms with Crippen LogP contribution in [0, 0.1) is 5.92 Å². The molecule has 0 fully saturated rings. The predicted octanol–water partition coefficient (Wildman–Crippen LogP) is 6.58. The molecule has 0 aliphatic carbocycles. The summed E-state index contributed by atoms with van der Waals surface area (Å²) in [5, 5.41) is 13.2. The van der Waals surface area contributed by atoms with Crippen LogP contribution in [0.3, 0.4) is 0 Å². The number of thiophene rings is 1. The lowest BCUT2D eigenvalue weighted by Crippen LogP contribution is -2.31. The van der Waals surface area contributed by atoms with Crippen molar-refractivity contribution in [1.29, 1.82) is 0 Å². The smallest absolute Gasteiger partial charge is 0.296 e. The number of methoxy groups -OCH3 is 2. The van der Waals surface area contributed by atoms with Crippen molar-refractivity contribution in [2.75, 3.05) is 25.7 Å². The van der Waals surface area contributed by atoms with Gasteiger partial charge in [0, 0.05) is 0 Å². The van der Waals surface area contributed by atoms with Crippen molar-refractivity contribution in [2.45, 2.75) is 26.3 Å². The number of hydrogen-bond acceptors (Lipinski definition) is 9. The van der Waals surface area contributed by atoms with E-state index < -0.39 is 23.5 Å². The SMILES string of the molecule is COc1ccc2nc(N3C(=O)C(O)=C(C(=O)c4cccs4)C3c3ccc(OCCC(C)C)c(OC)c3)sc2c1. The number of anilines is 1. The first-order valence-electron chi connectivity index (χ1n) is 12.4. The van der Waals surface area contributed by atoms with Crippen LogP contribution in [-0.4, -0.2) is 42.6 Å². The van der Waals surface area contributed by atoms with Gasteiger partial charge in [-0.25, -0.2) is 4.98 Å². The molecule has 8 nitrogen and oxygen atoms in total. The Morgan fingerprint density at radius 2 is 1.92 bits per heavy atom. The van der Waals surface area contributed by atoms with Gasteiger partial charge >= 0.3 is 0 Å². The Morgan fingerprint density at radius 3 is 2.62 bits per heavy atom. The van der Waals surface area contributed by atoms with Crippen molar-refractivity contribution in [1.82, 2.24) is 4.98 Å². The molecular formula is C29H28N2O6S2. The number of amides is 1. The van der Waals surface area contributed by atoms with Gasteiger partial charge in [0.15, 0.2) is 22.4 Å². The Bertz CT molecular complexity index is 1560. The van der Waals surface area contributed by atoms with E-state index >= 15 is 0 Å². The molecule has 1 N–H and O–H groups in total. The van der Waals surface area contributed by atoms with E-state index in [9.17, 15) is 14.7 Å². The number of aliphatic hydroxyl groups excluding tert-OH is 1. The van der Waals surface area contributed by atoms with E-state index in [0.717, 1.165) is 11.1 Å². The van der Waals surface area contributed by atoms with Crippen molar-refractivity contribution in [3.8, 4) is 17.2 Å². The van der Waals surface area contributed by atoms with Crippen molar-refractivity contribution < 1.29 is 28.9 Å². The Hall–Kier alpha value is -3.89. The van der Waals surface area contributed by atoms with E-state index in [0.29, 0.717) is 50.9 Å². The molecule has 1 aliphatic rings. The van der Waals surface area contributed by atoms with E-state index in [1.54, 1.807) is 55.0 Å². The number of rotatable bonds is 10. The normalized spacial score (nSPS) is 15.5. The first-order valence-corrected chi connectivity index (χ1v) is 14.1. The van der Waals surface area contributed by atoms with Crippen molar-refractivity contribution in [2.24, 2.45) is 5.92 Å². The lowest BCUT2D eigenvalue weighted by atomic mass is 9.95. The van der Waals surface area contributed by atoms with E-state index in [-0.39, 0.29) is 5.57 Å². The molecule has 1 unspecified atom stereocenters. The van der Waals surface area contributed by atoms with Crippen LogP contribution in [0.15, 0.2) is 65.2 Å². The van der Waals surface area contributed by atoms with Crippen molar-refractivity contribution in [3.05, 3.63) is 75.7 Å². The number of aromatic nitrogens is 1. The van der Waals surface area contributed by atoms with Gasteiger partial charge in [-0.05, 0) is 59.7 Å². The van der Waals surface area contributed by atoms with Gasteiger partial charge in [0.05, 0.1) is 47.5 Å². The van der Waals surface area contributed by atoms with Crippen LogP contribution in [0.1, 0.15) is 41.5 Å². The Balaban J connectivity index is 1.61. The van der Waals surface area contributed by atoms with Crippen molar-refractivity contribution in [3.63, 3.8) is 0 Å². The second-order valence-corrected chi connectivity index (χ2v) is 11.4.